The summed E-state index contributed by atoms with van der Waals surface area (Å²) in [6.45, 7) is 7.52. The van der Waals surface area contributed by atoms with Gasteiger partial charge >= 0.3 is 18.0 Å². The van der Waals surface area contributed by atoms with Crippen molar-refractivity contribution < 1.29 is 95.7 Å². The summed E-state index contributed by atoms with van der Waals surface area (Å²) in [5.74, 6) is -3.66. The van der Waals surface area contributed by atoms with Crippen LogP contribution in [0, 0.1) is 0 Å². The highest BCUT2D eigenvalue weighted by molar-refractivity contribution is 8.00. The van der Waals surface area contributed by atoms with E-state index in [1.165, 1.54) is 37.8 Å². The number of carbonyl (C=O) groups excluding carboxylic acids is 9. The molecule has 7 rings (SSSR count). The van der Waals surface area contributed by atoms with Crippen LogP contribution in [0.25, 0.3) is 0 Å². The molecule has 2 unspecified atom stereocenters. The molecule has 6 aliphatic heterocycles. The number of benzene rings is 1. The topological polar surface area (TPSA) is 300 Å². The standard InChI is InChI=1S/C53H72ClN5O20S/c1-32-9-8-10-38(71-7)53(69)30-40(77-50(68)56-53)52(4)31-51(3,79-52)39(29-44(63)57(5)35-26-34(25-32)27-36(70-6)47(35)54)76-49(67)33(2)75-22-21-74-23-24-80-37-28-45(64)58(48(37)66)16-13-41(60)55-15-18-73-20-19-72-17-14-46(65)78-59-42(61)11-12-43(59)62/h8-10,26-27,33,37-40,69H,11-25,28-31H2,1-7H3,(H,55,60)(H,56,68)/b10-8+,32-9+/t33-,37?,38+,39-,40?,51+,52+,53-/m0/s1. The third kappa shape index (κ3) is 16.7. The van der Waals surface area contributed by atoms with E-state index in [0.29, 0.717) is 28.7 Å². The maximum Gasteiger partial charge on any atom is 0.409 e. The highest BCUT2D eigenvalue weighted by Gasteiger charge is 2.63. The Bertz CT molecular complexity index is 2510. The third-order valence-corrected chi connectivity index (χ3v) is 15.5. The van der Waals surface area contributed by atoms with Gasteiger partial charge < -0.3 is 62.8 Å². The number of hydrogen-bond donors (Lipinski definition) is 3. The number of esters is 1. The normalized spacial score (nSPS) is 27.7. The first-order valence-corrected chi connectivity index (χ1v) is 27.7. The number of methoxy groups -OCH3 is 2. The van der Waals surface area contributed by atoms with Crippen molar-refractivity contribution in [3.8, 4) is 5.75 Å². The lowest BCUT2D eigenvalue weighted by Crippen LogP contribution is -2.72. The van der Waals surface area contributed by atoms with Crippen LogP contribution in [-0.4, -0.2) is 201 Å². The lowest BCUT2D eigenvalue weighted by atomic mass is 9.72. The Morgan fingerprint density at radius 3 is 2.30 bits per heavy atom. The number of thioether (sulfide) groups is 1. The van der Waals surface area contributed by atoms with Crippen LogP contribution in [0.5, 0.6) is 5.75 Å². The number of likely N-dealkylation sites (tertiary alicyclic amines) is 1. The van der Waals surface area contributed by atoms with Crippen LogP contribution in [0.15, 0.2) is 35.9 Å². The summed E-state index contributed by atoms with van der Waals surface area (Å²) in [5.41, 5.74) is -2.38. The molecule has 6 heterocycles. The first kappa shape index (κ1) is 63.5. The zero-order valence-electron chi connectivity index (χ0n) is 46.0. The minimum Gasteiger partial charge on any atom is -0.495 e. The van der Waals surface area contributed by atoms with Crippen molar-refractivity contribution >= 4 is 82.5 Å². The van der Waals surface area contributed by atoms with Crippen molar-refractivity contribution in [3.05, 3.63) is 46.5 Å². The number of alkyl carbamates (subject to hydrolysis) is 1. The number of ether oxygens (including phenoxy) is 9. The largest absolute Gasteiger partial charge is 0.495 e. The number of nitrogens with zero attached hydrogens (tertiary/aromatic N) is 3. The summed E-state index contributed by atoms with van der Waals surface area (Å²) < 4.78 is 51.7. The Kier molecular flexibility index (Phi) is 22.9. The molecular formula is C53H72ClN5O20S. The number of imide groups is 2. The van der Waals surface area contributed by atoms with Crippen LogP contribution in [0.1, 0.15) is 84.6 Å². The van der Waals surface area contributed by atoms with Crippen molar-refractivity contribution in [2.24, 2.45) is 0 Å². The van der Waals surface area contributed by atoms with E-state index in [-0.39, 0.29) is 122 Å². The fraction of sp³-hybridized carbons (Fsp3) is 0.642. The van der Waals surface area contributed by atoms with Gasteiger partial charge in [0.1, 0.15) is 40.3 Å². The number of aliphatic hydroxyl groups is 1. The van der Waals surface area contributed by atoms with Crippen LogP contribution >= 0.6 is 23.4 Å². The van der Waals surface area contributed by atoms with E-state index in [1.54, 1.807) is 45.2 Å². The monoisotopic (exact) mass is 1170 g/mol. The summed E-state index contributed by atoms with van der Waals surface area (Å²) in [6, 6.07) is 3.54. The summed E-state index contributed by atoms with van der Waals surface area (Å²) in [6.07, 6.45) is -0.274. The lowest BCUT2D eigenvalue weighted by molar-refractivity contribution is -0.328. The first-order chi connectivity index (χ1) is 38.0. The average Bonchev–Trinajstić information content (AvgIpc) is 3.87. The fourth-order valence-corrected chi connectivity index (χ4v) is 11.0. The predicted molar refractivity (Wildman–Crippen MR) is 284 cm³/mol. The van der Waals surface area contributed by atoms with Gasteiger partial charge in [0, 0.05) is 71.5 Å². The number of nitrogens with one attached hydrogen (secondary N) is 2. The Morgan fingerprint density at radius 2 is 1.60 bits per heavy atom. The van der Waals surface area contributed by atoms with Crippen LogP contribution < -0.4 is 20.3 Å². The maximum atomic E-state index is 14.3. The number of fused-ring (bicyclic) bond motifs is 6. The molecule has 6 bridgehead atoms. The SMILES string of the molecule is COc1cc2cc(c1Cl)N(C)C(=O)C[C@H](OC(=O)[C@H](C)OCCOCCSC1CC(=O)N(CCC(=O)NCCOCCOCCC(=O)ON3C(=O)CCC3=O)C1=O)[C@@]1(C)C[C@@](C)(O1)C1C[C@@](O)(NC(=O)O1)[C@H](OC)/C=C/C=C(\C)C2. The van der Waals surface area contributed by atoms with E-state index in [4.69, 9.17) is 59.1 Å². The smallest absolute Gasteiger partial charge is 0.409 e. The molecule has 8 atom stereocenters. The zero-order chi connectivity index (χ0) is 58.4. The molecule has 6 aliphatic rings. The van der Waals surface area contributed by atoms with Gasteiger partial charge in [-0.05, 0) is 51.8 Å². The van der Waals surface area contributed by atoms with Crippen molar-refractivity contribution in [2.75, 3.05) is 91.3 Å². The second-order valence-corrected chi connectivity index (χ2v) is 21.9. The molecule has 1 aromatic rings. The quantitative estimate of drug-likeness (QED) is 0.0720. The molecule has 0 saturated carbocycles. The molecule has 4 fully saturated rings. The zero-order valence-corrected chi connectivity index (χ0v) is 47.6. The molecule has 0 aliphatic carbocycles. The molecule has 4 saturated heterocycles. The second-order valence-electron chi connectivity index (χ2n) is 20.2. The molecular weight excluding hydrogens is 1090 g/mol. The van der Waals surface area contributed by atoms with Crippen molar-refractivity contribution in [1.82, 2.24) is 20.6 Å². The van der Waals surface area contributed by atoms with E-state index < -0.39 is 94.2 Å². The molecule has 0 radical (unpaired) electrons. The van der Waals surface area contributed by atoms with Gasteiger partial charge in [0.2, 0.25) is 23.6 Å². The number of carbonyl (C=O) groups is 9. The van der Waals surface area contributed by atoms with Crippen molar-refractivity contribution in [1.29, 1.82) is 0 Å². The van der Waals surface area contributed by atoms with Crippen molar-refractivity contribution in [2.45, 2.75) is 132 Å². The maximum absolute atomic E-state index is 14.3. The molecule has 1 aromatic carbocycles. The highest BCUT2D eigenvalue weighted by atomic mass is 35.5. The van der Waals surface area contributed by atoms with Gasteiger partial charge in [0.15, 0.2) is 11.8 Å². The van der Waals surface area contributed by atoms with E-state index in [9.17, 15) is 48.3 Å². The number of rotatable bonds is 25. The molecule has 0 aromatic heterocycles. The van der Waals surface area contributed by atoms with Gasteiger partial charge in [-0.15, -0.1) is 16.8 Å². The average molecular weight is 1170 g/mol. The minimum absolute atomic E-state index is 0.000122. The summed E-state index contributed by atoms with van der Waals surface area (Å²) in [5, 5.41) is 17.0. The van der Waals surface area contributed by atoms with E-state index >= 15 is 0 Å². The van der Waals surface area contributed by atoms with Crippen LogP contribution in [0.4, 0.5) is 10.5 Å². The van der Waals surface area contributed by atoms with Crippen LogP contribution in [0.3, 0.4) is 0 Å². The lowest BCUT2D eigenvalue weighted by Gasteiger charge is -2.59. The van der Waals surface area contributed by atoms with Gasteiger partial charge in [-0.3, -0.25) is 39.0 Å². The summed E-state index contributed by atoms with van der Waals surface area (Å²) in [4.78, 5) is 121. The van der Waals surface area contributed by atoms with Gasteiger partial charge in [-0.1, -0.05) is 35.4 Å². The van der Waals surface area contributed by atoms with Crippen LogP contribution in [0.2, 0.25) is 5.02 Å². The van der Waals surface area contributed by atoms with E-state index in [1.807, 2.05) is 13.0 Å². The van der Waals surface area contributed by atoms with Gasteiger partial charge in [-0.25, -0.2) is 14.4 Å². The first-order valence-electron chi connectivity index (χ1n) is 26.2. The Hall–Kier alpha value is -5.71. The molecule has 442 valence electrons. The summed E-state index contributed by atoms with van der Waals surface area (Å²) >= 11 is 8.04. The molecule has 7 amide bonds. The van der Waals surface area contributed by atoms with E-state index in [0.717, 1.165) is 16.0 Å². The highest BCUT2D eigenvalue weighted by Crippen LogP contribution is 2.50. The van der Waals surface area contributed by atoms with Gasteiger partial charge in [0.25, 0.3) is 11.8 Å². The second kappa shape index (κ2) is 28.8. The number of amides is 7. The number of halogens is 1. The summed E-state index contributed by atoms with van der Waals surface area (Å²) in [7, 11) is 4.42. The Labute approximate surface area is 472 Å². The minimum atomic E-state index is -1.90. The molecule has 3 N–H and O–H groups in total. The third-order valence-electron chi connectivity index (χ3n) is 14.0. The predicted octanol–water partition coefficient (Wildman–Crippen LogP) is 2.63. The fourth-order valence-electron chi connectivity index (χ4n) is 9.70. The number of allylic oxidation sites excluding steroid dienone is 3. The number of hydrogen-bond acceptors (Lipinski definition) is 21. The molecule has 80 heavy (non-hydrogen) atoms. The number of hydroxylamine groups is 2. The molecule has 0 spiro atoms. The van der Waals surface area contributed by atoms with Crippen LogP contribution in [-0.2, 0) is 87.5 Å². The van der Waals surface area contributed by atoms with Gasteiger partial charge in [0.05, 0.1) is 77.1 Å². The Balaban J connectivity index is 0.922. The van der Waals surface area contributed by atoms with E-state index in [2.05, 4.69) is 10.6 Å². The molecule has 27 heteroatoms. The van der Waals surface area contributed by atoms with Gasteiger partial charge in [-0.2, -0.15) is 0 Å². The molecule has 25 nitrogen and oxygen atoms in total. The number of anilines is 1. The van der Waals surface area contributed by atoms with Crippen molar-refractivity contribution in [3.63, 3.8) is 0 Å². The Morgan fingerprint density at radius 1 is 0.912 bits per heavy atom.